The van der Waals surface area contributed by atoms with Gasteiger partial charge in [0.2, 0.25) is 0 Å². The van der Waals surface area contributed by atoms with E-state index in [0.717, 1.165) is 28.2 Å². The van der Waals surface area contributed by atoms with Crippen molar-refractivity contribution in [3.8, 4) is 17.2 Å². The number of benzene rings is 3. The van der Waals surface area contributed by atoms with Crippen molar-refractivity contribution < 1.29 is 24.1 Å². The van der Waals surface area contributed by atoms with Crippen LogP contribution in [-0.4, -0.2) is 34.4 Å². The molecule has 0 unspecified atom stereocenters. The highest BCUT2D eigenvalue weighted by Crippen LogP contribution is 2.34. The van der Waals surface area contributed by atoms with Crippen LogP contribution in [0.1, 0.15) is 22.6 Å². The van der Waals surface area contributed by atoms with Crippen LogP contribution in [0.4, 0.5) is 0 Å². The van der Waals surface area contributed by atoms with Gasteiger partial charge in [-0.25, -0.2) is 0 Å². The normalized spacial score (nSPS) is 11.2. The molecule has 0 aliphatic carbocycles. The topological polar surface area (TPSA) is 59.8 Å². The maximum absolute atomic E-state index is 7.40. The summed E-state index contributed by atoms with van der Waals surface area (Å²) in [6.07, 6.45) is 2.79. The average molecular weight is 436 g/mol. The lowest BCUT2D eigenvalue weighted by molar-refractivity contribution is 0.179. The van der Waals surface area contributed by atoms with E-state index in [9.17, 15) is 0 Å². The predicted octanol–water partition coefficient (Wildman–Crippen LogP) is 5.38. The Morgan fingerprint density at radius 2 is 1.06 bits per heavy atom. The SMILES string of the molecule is [2H][O+]([2H])c1ccc(C(c2ccc(OCCOC=C)cc2)c2ccc(OCCOC=C)cc2)cc1. The molecular weight excluding hydrogens is 404 g/mol. The first-order chi connectivity index (χ1) is 16.6. The molecule has 0 amide bonds. The molecule has 32 heavy (non-hydrogen) atoms. The Labute approximate surface area is 192 Å². The van der Waals surface area contributed by atoms with E-state index < -0.39 is 0 Å². The van der Waals surface area contributed by atoms with Gasteiger partial charge in [-0.3, -0.25) is 0 Å². The fourth-order valence-corrected chi connectivity index (χ4v) is 3.33. The second-order valence-electron chi connectivity index (χ2n) is 6.91. The van der Waals surface area contributed by atoms with Gasteiger partial charge in [-0.05, 0) is 53.1 Å². The monoisotopic (exact) mass is 435 g/mol. The average Bonchev–Trinajstić information content (AvgIpc) is 2.87. The summed E-state index contributed by atoms with van der Waals surface area (Å²) in [5.41, 5.74) is 3.20. The summed E-state index contributed by atoms with van der Waals surface area (Å²) in [5, 5.41) is 1.40. The van der Waals surface area contributed by atoms with Gasteiger partial charge in [-0.2, -0.15) is 0 Å². The van der Waals surface area contributed by atoms with Gasteiger partial charge in [-0.15, -0.1) is 0 Å². The molecule has 0 aromatic heterocycles. The van der Waals surface area contributed by atoms with Gasteiger partial charge >= 0.3 is 2.86 Å². The standard InChI is InChI=1S/C27H28O5/c1-3-29-17-19-31-25-13-7-22(8-14-25)27(21-5-11-24(28)12-6-21)23-9-15-26(16-10-23)32-20-18-30-4-2/h3-16,27-28H,1-2,17-20H2/p+1/i/hD2. The molecular formula is C27H29O5+. The largest absolute Gasteiger partial charge is 0.593 e. The molecule has 3 aromatic carbocycles. The van der Waals surface area contributed by atoms with E-state index in [1.807, 2.05) is 60.7 Å². The summed E-state index contributed by atoms with van der Waals surface area (Å²) in [6.45, 7) is 8.78. The Hall–Kier alpha value is -3.86. The van der Waals surface area contributed by atoms with Crippen LogP contribution in [0.15, 0.2) is 98.5 Å². The minimum atomic E-state index is -0.0553. The molecule has 2 N–H and O–H groups in total. The quantitative estimate of drug-likeness (QED) is 0.148. The molecule has 0 radical (unpaired) electrons. The fourth-order valence-electron chi connectivity index (χ4n) is 3.33. The molecule has 0 fully saturated rings. The lowest BCUT2D eigenvalue weighted by Crippen LogP contribution is -2.06. The highest BCUT2D eigenvalue weighted by atomic mass is 16.5. The Kier molecular flexibility index (Phi) is 7.59. The highest BCUT2D eigenvalue weighted by Gasteiger charge is 2.17. The van der Waals surface area contributed by atoms with Crippen LogP contribution in [0.2, 0.25) is 0 Å². The van der Waals surface area contributed by atoms with E-state index >= 15 is 0 Å². The van der Waals surface area contributed by atoms with Gasteiger partial charge in [0.05, 0.1) is 12.5 Å². The molecule has 5 heteroatoms. The number of ether oxygens (including phenoxy) is 4. The molecule has 0 aliphatic heterocycles. The van der Waals surface area contributed by atoms with Crippen molar-refractivity contribution in [2.75, 3.05) is 26.4 Å². The number of rotatable bonds is 14. The van der Waals surface area contributed by atoms with E-state index in [2.05, 4.69) is 13.2 Å². The number of hydrogen-bond donors (Lipinski definition) is 0. The lowest BCUT2D eigenvalue weighted by Gasteiger charge is -2.20. The molecule has 0 spiro atoms. The zero-order chi connectivity index (χ0) is 24.2. The van der Waals surface area contributed by atoms with Crippen LogP contribution in [0.3, 0.4) is 0 Å². The zero-order valence-electron chi connectivity index (χ0n) is 19.9. The first-order valence-electron chi connectivity index (χ1n) is 11.2. The van der Waals surface area contributed by atoms with Crippen molar-refractivity contribution in [1.29, 1.82) is 2.86 Å². The molecule has 166 valence electrons. The molecule has 0 saturated heterocycles. The second-order valence-corrected chi connectivity index (χ2v) is 6.91. The third-order valence-corrected chi connectivity index (χ3v) is 4.82. The molecule has 0 atom stereocenters. The van der Waals surface area contributed by atoms with E-state index in [1.54, 1.807) is 12.1 Å². The van der Waals surface area contributed by atoms with Gasteiger partial charge in [-0.1, -0.05) is 37.4 Å². The van der Waals surface area contributed by atoms with Gasteiger partial charge < -0.3 is 24.1 Å². The Bertz CT molecular complexity index is 959. The minimum Gasteiger partial charge on any atom is -0.593 e. The Morgan fingerprint density at radius 3 is 1.44 bits per heavy atom. The summed E-state index contributed by atoms with van der Waals surface area (Å²) < 4.78 is 36.4. The van der Waals surface area contributed by atoms with Crippen molar-refractivity contribution >= 4 is 0 Å². The smallest absolute Gasteiger partial charge is 0.555 e. The third kappa shape index (κ3) is 6.57. The van der Waals surface area contributed by atoms with Crippen LogP contribution in [0, 0.1) is 0 Å². The predicted molar refractivity (Wildman–Crippen MR) is 127 cm³/mol. The van der Waals surface area contributed by atoms with E-state index in [-0.39, 0.29) is 5.92 Å². The summed E-state index contributed by atoms with van der Waals surface area (Å²) in [5.74, 6) is 1.87. The summed E-state index contributed by atoms with van der Waals surface area (Å²) in [7, 11) is 0. The minimum absolute atomic E-state index is 0.0553. The zero-order valence-corrected chi connectivity index (χ0v) is 17.9. The first-order valence-corrected chi connectivity index (χ1v) is 10.4. The van der Waals surface area contributed by atoms with Crippen molar-refractivity contribution in [2.45, 2.75) is 5.92 Å². The van der Waals surface area contributed by atoms with Crippen LogP contribution < -0.4 is 9.47 Å². The molecule has 3 aromatic rings. The van der Waals surface area contributed by atoms with Crippen molar-refractivity contribution in [3.63, 3.8) is 0 Å². The van der Waals surface area contributed by atoms with Crippen LogP contribution in [0.5, 0.6) is 17.2 Å². The highest BCUT2D eigenvalue weighted by molar-refractivity contribution is 5.46. The van der Waals surface area contributed by atoms with Gasteiger partial charge in [0.1, 0.15) is 37.9 Å². The van der Waals surface area contributed by atoms with Crippen LogP contribution in [-0.2, 0) is 9.47 Å². The second kappa shape index (κ2) is 12.1. The van der Waals surface area contributed by atoms with Crippen LogP contribution in [0.25, 0.3) is 0 Å². The first kappa shape index (κ1) is 20.1. The summed E-state index contributed by atoms with van der Waals surface area (Å²) >= 11 is 0. The summed E-state index contributed by atoms with van der Waals surface area (Å²) in [4.78, 5) is 0. The van der Waals surface area contributed by atoms with Gasteiger partial charge in [0.25, 0.3) is 5.75 Å². The summed E-state index contributed by atoms with van der Waals surface area (Å²) in [6, 6.07) is 23.2. The van der Waals surface area contributed by atoms with E-state index in [4.69, 9.17) is 21.8 Å². The lowest BCUT2D eigenvalue weighted by atomic mass is 9.85. The van der Waals surface area contributed by atoms with E-state index in [0.29, 0.717) is 32.2 Å². The van der Waals surface area contributed by atoms with Crippen LogP contribution >= 0.6 is 0 Å². The Balaban J connectivity index is 1.83. The Morgan fingerprint density at radius 1 is 0.656 bits per heavy atom. The molecule has 0 aliphatic rings. The van der Waals surface area contributed by atoms with Crippen molar-refractivity contribution in [1.82, 2.24) is 0 Å². The molecule has 0 bridgehead atoms. The van der Waals surface area contributed by atoms with Gasteiger partial charge in [0, 0.05) is 18.1 Å². The molecule has 0 saturated carbocycles. The van der Waals surface area contributed by atoms with Crippen molar-refractivity contribution in [3.05, 3.63) is 115 Å². The van der Waals surface area contributed by atoms with E-state index in [1.165, 1.54) is 17.6 Å². The fraction of sp³-hybridized carbons (Fsp3) is 0.185. The molecule has 5 nitrogen and oxygen atoms in total. The number of hydrogen-bond acceptors (Lipinski definition) is 4. The maximum Gasteiger partial charge on any atom is 0.555 e. The molecule has 3 rings (SSSR count). The molecule has 0 heterocycles. The maximum atomic E-state index is 7.40. The van der Waals surface area contributed by atoms with Gasteiger partial charge in [0.15, 0.2) is 0 Å². The van der Waals surface area contributed by atoms with Crippen molar-refractivity contribution in [2.24, 2.45) is 0 Å². The third-order valence-electron chi connectivity index (χ3n) is 4.82.